The summed E-state index contributed by atoms with van der Waals surface area (Å²) >= 11 is 1.51. The van der Waals surface area contributed by atoms with E-state index in [1.807, 2.05) is 29.6 Å². The summed E-state index contributed by atoms with van der Waals surface area (Å²) < 4.78 is 5.45. The van der Waals surface area contributed by atoms with E-state index < -0.39 is 0 Å². The van der Waals surface area contributed by atoms with Gasteiger partial charge in [-0.1, -0.05) is 5.16 Å². The van der Waals surface area contributed by atoms with Crippen molar-refractivity contribution in [2.75, 3.05) is 0 Å². The topological polar surface area (TPSA) is 93.8 Å². The fraction of sp³-hybridized carbons (Fsp3) is 0.0455. The normalized spacial score (nSPS) is 10.9. The van der Waals surface area contributed by atoms with E-state index in [-0.39, 0.29) is 5.91 Å². The SMILES string of the molecule is O=C(NCc1ccncc1)c1ccc2onc(-c3csc(-c4cccnc4)n3)c2c1. The third kappa shape index (κ3) is 3.56. The number of fused-ring (bicyclic) bond motifs is 1. The van der Waals surface area contributed by atoms with Gasteiger partial charge in [0.05, 0.1) is 5.39 Å². The number of carbonyl (C=O) groups is 1. The molecule has 1 N–H and O–H groups in total. The highest BCUT2D eigenvalue weighted by molar-refractivity contribution is 7.13. The first kappa shape index (κ1) is 18.1. The van der Waals surface area contributed by atoms with Gasteiger partial charge in [-0.15, -0.1) is 11.3 Å². The highest BCUT2D eigenvalue weighted by Crippen LogP contribution is 2.32. The van der Waals surface area contributed by atoms with Crippen molar-refractivity contribution in [1.82, 2.24) is 25.4 Å². The van der Waals surface area contributed by atoms with Crippen LogP contribution in [0.2, 0.25) is 0 Å². The Kier molecular flexibility index (Phi) is 4.74. The van der Waals surface area contributed by atoms with Crippen molar-refractivity contribution in [2.24, 2.45) is 0 Å². The Morgan fingerprint density at radius 1 is 1.07 bits per heavy atom. The van der Waals surface area contributed by atoms with Crippen molar-refractivity contribution >= 4 is 28.2 Å². The molecular weight excluding hydrogens is 398 g/mol. The van der Waals surface area contributed by atoms with Gasteiger partial charge in [0.15, 0.2) is 5.58 Å². The molecule has 0 bridgehead atoms. The Hall–Kier alpha value is -3.91. The van der Waals surface area contributed by atoms with Crippen LogP contribution >= 0.6 is 11.3 Å². The maximum Gasteiger partial charge on any atom is 0.251 e. The van der Waals surface area contributed by atoms with Gasteiger partial charge in [-0.2, -0.15) is 0 Å². The number of nitrogens with one attached hydrogen (secondary N) is 1. The molecule has 0 aliphatic heterocycles. The molecule has 5 aromatic rings. The molecule has 4 aromatic heterocycles. The summed E-state index contributed by atoms with van der Waals surface area (Å²) in [5.41, 5.74) is 4.37. The molecule has 8 heteroatoms. The molecule has 0 radical (unpaired) electrons. The van der Waals surface area contributed by atoms with Crippen molar-refractivity contribution in [3.05, 3.63) is 83.8 Å². The van der Waals surface area contributed by atoms with Crippen LogP contribution < -0.4 is 5.32 Å². The standard InChI is InChI=1S/C22H15N5O2S/c28-21(25-11-14-5-8-23-9-6-14)15-3-4-19-17(10-15)20(27-29-19)18-13-30-22(26-18)16-2-1-7-24-12-16/h1-10,12-13H,11H2,(H,25,28). The second kappa shape index (κ2) is 7.84. The van der Waals surface area contributed by atoms with Crippen LogP contribution in [0.4, 0.5) is 0 Å². The molecule has 1 amide bonds. The van der Waals surface area contributed by atoms with E-state index in [9.17, 15) is 4.79 Å². The van der Waals surface area contributed by atoms with Gasteiger partial charge in [-0.3, -0.25) is 14.8 Å². The lowest BCUT2D eigenvalue weighted by atomic mass is 10.1. The summed E-state index contributed by atoms with van der Waals surface area (Å²) in [5, 5.41) is 10.6. The van der Waals surface area contributed by atoms with Gasteiger partial charge >= 0.3 is 0 Å². The van der Waals surface area contributed by atoms with Crippen LogP contribution in [-0.2, 0) is 6.54 Å². The molecule has 0 atom stereocenters. The van der Waals surface area contributed by atoms with Crippen molar-refractivity contribution < 1.29 is 9.32 Å². The summed E-state index contributed by atoms with van der Waals surface area (Å²) in [4.78, 5) is 25.4. The third-order valence-electron chi connectivity index (χ3n) is 4.59. The molecule has 0 unspecified atom stereocenters. The van der Waals surface area contributed by atoms with Gasteiger partial charge in [0.2, 0.25) is 0 Å². The largest absolute Gasteiger partial charge is 0.356 e. The summed E-state index contributed by atoms with van der Waals surface area (Å²) in [6.07, 6.45) is 6.90. The molecule has 0 spiro atoms. The minimum absolute atomic E-state index is 0.171. The van der Waals surface area contributed by atoms with Crippen molar-refractivity contribution in [2.45, 2.75) is 6.54 Å². The number of pyridine rings is 2. The van der Waals surface area contributed by atoms with Gasteiger partial charge in [0, 0.05) is 47.8 Å². The second-order valence-corrected chi connectivity index (χ2v) is 7.42. The summed E-state index contributed by atoms with van der Waals surface area (Å²) in [7, 11) is 0. The van der Waals surface area contributed by atoms with Gasteiger partial charge in [0.1, 0.15) is 16.4 Å². The Morgan fingerprint density at radius 3 is 2.80 bits per heavy atom. The molecule has 4 heterocycles. The molecule has 0 saturated heterocycles. The van der Waals surface area contributed by atoms with E-state index in [2.05, 4.69) is 25.4 Å². The van der Waals surface area contributed by atoms with Gasteiger partial charge in [0.25, 0.3) is 5.91 Å². The molecule has 146 valence electrons. The second-order valence-electron chi connectivity index (χ2n) is 6.56. The average Bonchev–Trinajstić information content (AvgIpc) is 3.45. The number of hydrogen-bond acceptors (Lipinski definition) is 7. The van der Waals surface area contributed by atoms with Crippen LogP contribution in [0.15, 0.2) is 77.2 Å². The molecule has 0 saturated carbocycles. The zero-order valence-electron chi connectivity index (χ0n) is 15.6. The lowest BCUT2D eigenvalue weighted by molar-refractivity contribution is 0.0951. The van der Waals surface area contributed by atoms with Crippen LogP contribution in [0, 0.1) is 0 Å². The van der Waals surface area contributed by atoms with E-state index in [1.165, 1.54) is 11.3 Å². The molecule has 0 aliphatic rings. The third-order valence-corrected chi connectivity index (χ3v) is 5.48. The molecule has 0 fully saturated rings. The fourth-order valence-corrected chi connectivity index (χ4v) is 3.85. The van der Waals surface area contributed by atoms with Crippen LogP contribution in [0.3, 0.4) is 0 Å². The van der Waals surface area contributed by atoms with E-state index in [0.29, 0.717) is 29.1 Å². The summed E-state index contributed by atoms with van der Waals surface area (Å²) in [5.74, 6) is -0.171. The fourth-order valence-electron chi connectivity index (χ4n) is 3.05. The summed E-state index contributed by atoms with van der Waals surface area (Å²) in [6.45, 7) is 0.427. The maximum atomic E-state index is 12.6. The van der Waals surface area contributed by atoms with Crippen LogP contribution in [0.25, 0.3) is 32.9 Å². The number of thiazole rings is 1. The Balaban J connectivity index is 1.42. The van der Waals surface area contributed by atoms with Crippen molar-refractivity contribution in [3.63, 3.8) is 0 Å². The monoisotopic (exact) mass is 413 g/mol. The number of amides is 1. The molecule has 30 heavy (non-hydrogen) atoms. The number of carbonyl (C=O) groups excluding carboxylic acids is 1. The summed E-state index contributed by atoms with van der Waals surface area (Å²) in [6, 6.07) is 12.8. The molecule has 5 rings (SSSR count). The Labute approximate surface area is 175 Å². The molecule has 7 nitrogen and oxygen atoms in total. The van der Waals surface area contributed by atoms with Gasteiger partial charge in [-0.05, 0) is 48.0 Å². The Bertz CT molecular complexity index is 1320. The maximum absolute atomic E-state index is 12.6. The van der Waals surface area contributed by atoms with Gasteiger partial charge < -0.3 is 9.84 Å². The van der Waals surface area contributed by atoms with Gasteiger partial charge in [-0.25, -0.2) is 4.98 Å². The zero-order valence-corrected chi connectivity index (χ0v) is 16.5. The number of rotatable bonds is 5. The first-order valence-corrected chi connectivity index (χ1v) is 10.1. The lowest BCUT2D eigenvalue weighted by Crippen LogP contribution is -2.22. The molecular formula is C22H15N5O2S. The predicted molar refractivity (Wildman–Crippen MR) is 114 cm³/mol. The van der Waals surface area contributed by atoms with E-state index in [1.54, 1.807) is 43.0 Å². The molecule has 1 aromatic carbocycles. The van der Waals surface area contributed by atoms with E-state index >= 15 is 0 Å². The number of aromatic nitrogens is 4. The first-order chi connectivity index (χ1) is 14.8. The Morgan fingerprint density at radius 2 is 1.97 bits per heavy atom. The predicted octanol–water partition coefficient (Wildman–Crippen LogP) is 4.34. The zero-order chi connectivity index (χ0) is 20.3. The molecule has 0 aliphatic carbocycles. The van der Waals surface area contributed by atoms with Crippen LogP contribution in [0.5, 0.6) is 0 Å². The highest BCUT2D eigenvalue weighted by atomic mass is 32.1. The highest BCUT2D eigenvalue weighted by Gasteiger charge is 2.16. The van der Waals surface area contributed by atoms with Crippen LogP contribution in [-0.4, -0.2) is 26.0 Å². The minimum Gasteiger partial charge on any atom is -0.356 e. The number of hydrogen-bond donors (Lipinski definition) is 1. The number of nitrogens with zero attached hydrogens (tertiary/aromatic N) is 4. The average molecular weight is 413 g/mol. The lowest BCUT2D eigenvalue weighted by Gasteiger charge is -2.05. The minimum atomic E-state index is -0.171. The van der Waals surface area contributed by atoms with E-state index in [0.717, 1.165) is 21.5 Å². The first-order valence-electron chi connectivity index (χ1n) is 9.21. The van der Waals surface area contributed by atoms with Crippen molar-refractivity contribution in [1.29, 1.82) is 0 Å². The van der Waals surface area contributed by atoms with Crippen LogP contribution in [0.1, 0.15) is 15.9 Å². The number of benzene rings is 1. The van der Waals surface area contributed by atoms with E-state index in [4.69, 9.17) is 4.52 Å². The smallest absolute Gasteiger partial charge is 0.251 e. The van der Waals surface area contributed by atoms with Crippen molar-refractivity contribution in [3.8, 4) is 22.0 Å². The quantitative estimate of drug-likeness (QED) is 0.461.